The summed E-state index contributed by atoms with van der Waals surface area (Å²) in [5.41, 5.74) is 2.90. The van der Waals surface area contributed by atoms with Gasteiger partial charge in [-0.05, 0) is 30.7 Å². The minimum Gasteiger partial charge on any atom is -0.492 e. The van der Waals surface area contributed by atoms with Crippen LogP contribution in [0.5, 0.6) is 5.75 Å². The van der Waals surface area contributed by atoms with Crippen LogP contribution in [0, 0.1) is 0 Å². The van der Waals surface area contributed by atoms with Gasteiger partial charge in [0, 0.05) is 30.9 Å². The molecule has 0 spiro atoms. The third-order valence-corrected chi connectivity index (χ3v) is 3.94. The highest BCUT2D eigenvalue weighted by atomic mass is 16.5. The van der Waals surface area contributed by atoms with E-state index in [2.05, 4.69) is 28.7 Å². The van der Waals surface area contributed by atoms with Gasteiger partial charge in [-0.2, -0.15) is 5.10 Å². The molecule has 0 saturated heterocycles. The molecule has 6 nitrogen and oxygen atoms in total. The van der Waals surface area contributed by atoms with Gasteiger partial charge in [0.2, 0.25) is 0 Å². The van der Waals surface area contributed by atoms with Gasteiger partial charge in [0.15, 0.2) is 5.65 Å². The molecule has 6 heteroatoms. The predicted octanol–water partition coefficient (Wildman–Crippen LogP) is 2.18. The number of aromatic nitrogens is 3. The maximum absolute atomic E-state index is 5.90. The summed E-state index contributed by atoms with van der Waals surface area (Å²) in [7, 11) is 0. The number of fused-ring (bicyclic) bond motifs is 4. The van der Waals surface area contributed by atoms with Gasteiger partial charge in [-0.15, -0.1) is 0 Å². The van der Waals surface area contributed by atoms with Gasteiger partial charge in [0.05, 0.1) is 6.20 Å². The summed E-state index contributed by atoms with van der Waals surface area (Å²) >= 11 is 0. The van der Waals surface area contributed by atoms with Crippen LogP contribution in [0.15, 0.2) is 42.7 Å². The number of anilines is 1. The second-order valence-electron chi connectivity index (χ2n) is 5.76. The first kappa shape index (κ1) is 14.0. The Labute approximate surface area is 134 Å². The minimum atomic E-state index is 0.283. The Bertz CT molecular complexity index is 829. The Morgan fingerprint density at radius 3 is 3.17 bits per heavy atom. The highest BCUT2D eigenvalue weighted by Crippen LogP contribution is 2.27. The molecule has 0 radical (unpaired) electrons. The van der Waals surface area contributed by atoms with E-state index in [0.29, 0.717) is 6.61 Å². The molecule has 3 aromatic rings. The lowest BCUT2D eigenvalue weighted by Crippen LogP contribution is -2.35. The van der Waals surface area contributed by atoms with E-state index in [1.807, 2.05) is 36.7 Å². The first-order valence-electron chi connectivity index (χ1n) is 7.84. The molecule has 2 aromatic heterocycles. The van der Waals surface area contributed by atoms with Crippen LogP contribution in [0.3, 0.4) is 0 Å². The molecule has 0 fully saturated rings. The zero-order valence-electron chi connectivity index (χ0n) is 13.0. The summed E-state index contributed by atoms with van der Waals surface area (Å²) in [4.78, 5) is 4.70. The van der Waals surface area contributed by atoms with Crippen LogP contribution < -0.4 is 15.4 Å². The van der Waals surface area contributed by atoms with Crippen LogP contribution in [0.2, 0.25) is 0 Å². The van der Waals surface area contributed by atoms with Crippen molar-refractivity contribution in [3.63, 3.8) is 0 Å². The van der Waals surface area contributed by atoms with Crippen molar-refractivity contribution in [1.82, 2.24) is 19.9 Å². The first-order valence-corrected chi connectivity index (χ1v) is 7.84. The number of rotatable bonds is 0. The summed E-state index contributed by atoms with van der Waals surface area (Å²) < 4.78 is 7.69. The Balaban J connectivity index is 1.81. The highest BCUT2D eigenvalue weighted by Gasteiger charge is 2.11. The van der Waals surface area contributed by atoms with Gasteiger partial charge >= 0.3 is 0 Å². The zero-order chi connectivity index (χ0) is 15.6. The van der Waals surface area contributed by atoms with Crippen molar-refractivity contribution < 1.29 is 4.74 Å². The van der Waals surface area contributed by atoms with Gasteiger partial charge in [0.1, 0.15) is 18.2 Å². The highest BCUT2D eigenvalue weighted by molar-refractivity contribution is 5.78. The zero-order valence-corrected chi connectivity index (χ0v) is 13.0. The molecule has 23 heavy (non-hydrogen) atoms. The second-order valence-corrected chi connectivity index (χ2v) is 5.76. The largest absolute Gasteiger partial charge is 0.492 e. The third-order valence-electron chi connectivity index (χ3n) is 3.94. The van der Waals surface area contributed by atoms with Gasteiger partial charge in [0.25, 0.3) is 0 Å². The van der Waals surface area contributed by atoms with Crippen molar-refractivity contribution in [2.24, 2.45) is 0 Å². The number of hydrogen-bond acceptors (Lipinski definition) is 5. The Hall–Kier alpha value is -2.60. The van der Waals surface area contributed by atoms with Crippen LogP contribution in [-0.4, -0.2) is 40.3 Å². The number of ether oxygens (including phenoxy) is 1. The summed E-state index contributed by atoms with van der Waals surface area (Å²) in [5.74, 6) is 1.72. The summed E-state index contributed by atoms with van der Waals surface area (Å²) in [5, 5.41) is 11.2. The van der Waals surface area contributed by atoms with E-state index < -0.39 is 0 Å². The topological polar surface area (TPSA) is 63.5 Å². The lowest BCUT2D eigenvalue weighted by atomic mass is 10.1. The van der Waals surface area contributed by atoms with Gasteiger partial charge in [-0.3, -0.25) is 0 Å². The lowest BCUT2D eigenvalue weighted by Gasteiger charge is -2.16. The molecule has 2 N–H and O–H groups in total. The SMILES string of the molecule is CC1COc2cccc(c2)-c2cnn3ccc(nc23)NCCN1. The Kier molecular flexibility index (Phi) is 3.59. The fourth-order valence-corrected chi connectivity index (χ4v) is 2.71. The molecule has 1 aliphatic heterocycles. The van der Waals surface area contributed by atoms with Gasteiger partial charge in [-0.1, -0.05) is 12.1 Å². The maximum Gasteiger partial charge on any atom is 0.165 e. The number of nitrogens with zero attached hydrogens (tertiary/aromatic N) is 3. The summed E-state index contributed by atoms with van der Waals surface area (Å²) in [6, 6.07) is 10.3. The Morgan fingerprint density at radius 2 is 2.22 bits per heavy atom. The van der Waals surface area contributed by atoms with Crippen molar-refractivity contribution in [2.45, 2.75) is 13.0 Å². The lowest BCUT2D eigenvalue weighted by molar-refractivity contribution is 0.275. The monoisotopic (exact) mass is 309 g/mol. The van der Waals surface area contributed by atoms with Crippen molar-refractivity contribution >= 4 is 11.5 Å². The number of hydrogen-bond donors (Lipinski definition) is 2. The smallest absolute Gasteiger partial charge is 0.165 e. The maximum atomic E-state index is 5.90. The molecule has 0 amide bonds. The number of benzene rings is 1. The normalized spacial score (nSPS) is 18.2. The Morgan fingerprint density at radius 1 is 1.26 bits per heavy atom. The van der Waals surface area contributed by atoms with E-state index in [9.17, 15) is 0 Å². The van der Waals surface area contributed by atoms with E-state index >= 15 is 0 Å². The van der Waals surface area contributed by atoms with Crippen molar-refractivity contribution in [3.05, 3.63) is 42.7 Å². The molecule has 3 heterocycles. The average molecular weight is 309 g/mol. The molecule has 1 aromatic carbocycles. The molecule has 1 unspecified atom stereocenters. The van der Waals surface area contributed by atoms with Crippen molar-refractivity contribution in [2.75, 3.05) is 25.0 Å². The van der Waals surface area contributed by atoms with E-state index in [-0.39, 0.29) is 6.04 Å². The molecule has 1 atom stereocenters. The number of nitrogens with one attached hydrogen (secondary N) is 2. The fourth-order valence-electron chi connectivity index (χ4n) is 2.71. The van der Waals surface area contributed by atoms with E-state index in [0.717, 1.165) is 41.4 Å². The quantitative estimate of drug-likeness (QED) is 0.666. The molecule has 4 bridgehead atoms. The average Bonchev–Trinajstić information content (AvgIpc) is 3.00. The van der Waals surface area contributed by atoms with Crippen LogP contribution in [0.25, 0.3) is 16.8 Å². The van der Waals surface area contributed by atoms with Crippen LogP contribution >= 0.6 is 0 Å². The molecule has 4 rings (SSSR count). The third kappa shape index (κ3) is 2.85. The predicted molar refractivity (Wildman–Crippen MR) is 89.9 cm³/mol. The van der Waals surface area contributed by atoms with Gasteiger partial charge in [-0.25, -0.2) is 9.50 Å². The molecule has 118 valence electrons. The molecular weight excluding hydrogens is 290 g/mol. The van der Waals surface area contributed by atoms with Crippen molar-refractivity contribution in [3.8, 4) is 16.9 Å². The summed E-state index contributed by atoms with van der Waals surface area (Å²) in [6.07, 6.45) is 3.78. The molecular formula is C17H19N5O. The molecule has 1 aliphatic rings. The standard InChI is InChI=1S/C17H19N5O/c1-12-11-23-14-4-2-3-13(9-14)15-10-20-22-8-5-16(21-17(15)22)19-7-6-18-12/h2-5,8-10,12,18H,6-7,11H2,1H3,(H,19,21). The molecule has 0 saturated carbocycles. The van der Waals surface area contributed by atoms with Crippen LogP contribution in [-0.2, 0) is 0 Å². The van der Waals surface area contributed by atoms with E-state index in [1.54, 1.807) is 4.52 Å². The van der Waals surface area contributed by atoms with Crippen molar-refractivity contribution in [1.29, 1.82) is 0 Å². The minimum absolute atomic E-state index is 0.283. The molecule has 0 aliphatic carbocycles. The second kappa shape index (κ2) is 5.89. The van der Waals surface area contributed by atoms with Gasteiger partial charge < -0.3 is 15.4 Å². The van der Waals surface area contributed by atoms with E-state index in [4.69, 9.17) is 9.72 Å². The van der Waals surface area contributed by atoms with Crippen LogP contribution in [0.1, 0.15) is 6.92 Å². The van der Waals surface area contributed by atoms with Crippen LogP contribution in [0.4, 0.5) is 5.82 Å². The van der Waals surface area contributed by atoms with E-state index in [1.165, 1.54) is 0 Å². The fraction of sp³-hybridized carbons (Fsp3) is 0.294. The summed E-state index contributed by atoms with van der Waals surface area (Å²) in [6.45, 7) is 4.41. The first-order chi connectivity index (χ1) is 11.3.